The molecule has 3 nitrogen and oxygen atoms in total. The zero-order chi connectivity index (χ0) is 19.2. The van der Waals surface area contributed by atoms with Gasteiger partial charge in [0, 0.05) is 35.2 Å². The molecule has 1 saturated carbocycles. The number of aliphatic hydroxyl groups excluding tert-OH is 1. The predicted molar refractivity (Wildman–Crippen MR) is 104 cm³/mol. The number of hydrogen-bond donors (Lipinski definition) is 2. The Morgan fingerprint density at radius 3 is 2.30 bits per heavy atom. The number of likely N-dealkylation sites (tertiary alicyclic amines) is 1. The molecule has 2 fully saturated rings. The lowest BCUT2D eigenvalue weighted by atomic mass is 9.90. The maximum Gasteiger partial charge on any atom is 0.123 e. The molecule has 2 aromatic rings. The van der Waals surface area contributed by atoms with E-state index in [0.717, 1.165) is 18.7 Å². The molecule has 2 aromatic carbocycles. The zero-order valence-electron chi connectivity index (χ0n) is 14.8. The Morgan fingerprint density at radius 2 is 1.70 bits per heavy atom. The van der Waals surface area contributed by atoms with Crippen molar-refractivity contribution < 1.29 is 14.6 Å². The van der Waals surface area contributed by atoms with E-state index in [1.54, 1.807) is 30.3 Å². The third-order valence-electron chi connectivity index (χ3n) is 5.99. The van der Waals surface area contributed by atoms with Crippen LogP contribution in [0.5, 0.6) is 0 Å². The van der Waals surface area contributed by atoms with Crippen molar-refractivity contribution >= 4 is 23.2 Å². The molecule has 0 bridgehead atoms. The first-order valence-corrected chi connectivity index (χ1v) is 9.93. The fraction of sp³-hybridized carbons (Fsp3) is 0.429. The van der Waals surface area contributed by atoms with E-state index in [0.29, 0.717) is 46.8 Å². The molecule has 27 heavy (non-hydrogen) atoms. The summed E-state index contributed by atoms with van der Waals surface area (Å²) in [6.07, 6.45) is 0.652. The van der Waals surface area contributed by atoms with Gasteiger partial charge in [0.25, 0.3) is 0 Å². The van der Waals surface area contributed by atoms with Crippen LogP contribution >= 0.6 is 23.2 Å². The summed E-state index contributed by atoms with van der Waals surface area (Å²) in [7, 11) is 0. The molecule has 0 spiro atoms. The van der Waals surface area contributed by atoms with Crippen molar-refractivity contribution in [3.8, 4) is 0 Å². The van der Waals surface area contributed by atoms with Gasteiger partial charge in [0.15, 0.2) is 0 Å². The summed E-state index contributed by atoms with van der Waals surface area (Å²) < 4.78 is 13.2. The molecular weight excluding hydrogens is 388 g/mol. The van der Waals surface area contributed by atoms with Gasteiger partial charge in [-0.3, -0.25) is 4.90 Å². The summed E-state index contributed by atoms with van der Waals surface area (Å²) in [6, 6.07) is 11.3. The summed E-state index contributed by atoms with van der Waals surface area (Å²) >= 11 is 12.1. The Morgan fingerprint density at radius 1 is 1.07 bits per heavy atom. The highest BCUT2D eigenvalue weighted by molar-refractivity contribution is 6.35. The minimum Gasteiger partial charge on any atom is -0.387 e. The minimum absolute atomic E-state index is 0.290. The number of fused-ring (bicyclic) bond motifs is 1. The van der Waals surface area contributed by atoms with Crippen molar-refractivity contribution in [2.24, 2.45) is 11.8 Å². The molecule has 4 rings (SSSR count). The van der Waals surface area contributed by atoms with E-state index in [1.807, 2.05) is 0 Å². The molecule has 4 atom stereocenters. The van der Waals surface area contributed by atoms with E-state index in [1.165, 1.54) is 12.1 Å². The van der Waals surface area contributed by atoms with E-state index in [9.17, 15) is 14.6 Å². The monoisotopic (exact) mass is 409 g/mol. The van der Waals surface area contributed by atoms with Crippen LogP contribution in [0.4, 0.5) is 4.39 Å². The van der Waals surface area contributed by atoms with E-state index in [4.69, 9.17) is 23.2 Å². The summed E-state index contributed by atoms with van der Waals surface area (Å²) in [5, 5.41) is 22.6. The second kappa shape index (κ2) is 7.34. The molecule has 0 aromatic heterocycles. The molecule has 0 radical (unpaired) electrons. The first kappa shape index (κ1) is 19.2. The first-order chi connectivity index (χ1) is 12.8. The topological polar surface area (TPSA) is 43.7 Å². The molecule has 144 valence electrons. The molecule has 6 heteroatoms. The Balaban J connectivity index is 1.39. The van der Waals surface area contributed by atoms with Gasteiger partial charge in [-0.25, -0.2) is 4.39 Å². The van der Waals surface area contributed by atoms with Gasteiger partial charge in [-0.15, -0.1) is 0 Å². The lowest BCUT2D eigenvalue weighted by Crippen LogP contribution is -2.31. The van der Waals surface area contributed by atoms with E-state index >= 15 is 0 Å². The smallest absolute Gasteiger partial charge is 0.123 e. The lowest BCUT2D eigenvalue weighted by molar-refractivity contribution is 0.0288. The van der Waals surface area contributed by atoms with Gasteiger partial charge in [-0.2, -0.15) is 0 Å². The summed E-state index contributed by atoms with van der Waals surface area (Å²) in [5.74, 6) is 0.447. The van der Waals surface area contributed by atoms with Crippen molar-refractivity contribution in [1.29, 1.82) is 0 Å². The average Bonchev–Trinajstić information content (AvgIpc) is 3.10. The third kappa shape index (κ3) is 3.87. The van der Waals surface area contributed by atoms with Crippen LogP contribution in [-0.2, 0) is 5.60 Å². The third-order valence-corrected chi connectivity index (χ3v) is 6.55. The molecule has 1 aliphatic carbocycles. The number of benzene rings is 2. The van der Waals surface area contributed by atoms with Gasteiger partial charge >= 0.3 is 0 Å². The van der Waals surface area contributed by atoms with Crippen molar-refractivity contribution in [3.05, 3.63) is 69.5 Å². The van der Waals surface area contributed by atoms with E-state index in [-0.39, 0.29) is 5.82 Å². The van der Waals surface area contributed by atoms with Crippen molar-refractivity contribution in [2.45, 2.75) is 24.5 Å². The van der Waals surface area contributed by atoms with Crippen molar-refractivity contribution in [3.63, 3.8) is 0 Å². The zero-order valence-corrected chi connectivity index (χ0v) is 16.3. The summed E-state index contributed by atoms with van der Waals surface area (Å²) in [4.78, 5) is 2.23. The van der Waals surface area contributed by atoms with Crippen LogP contribution in [0, 0.1) is 17.7 Å². The van der Waals surface area contributed by atoms with Gasteiger partial charge in [-0.05, 0) is 54.5 Å². The highest BCUT2D eigenvalue weighted by Crippen LogP contribution is 2.49. The maximum absolute atomic E-state index is 13.2. The number of hydrogen-bond acceptors (Lipinski definition) is 3. The van der Waals surface area contributed by atoms with E-state index in [2.05, 4.69) is 4.90 Å². The Hall–Kier alpha value is -1.17. The molecule has 0 amide bonds. The highest BCUT2D eigenvalue weighted by atomic mass is 35.5. The molecule has 2 N–H and O–H groups in total. The molecule has 1 aliphatic heterocycles. The average molecular weight is 410 g/mol. The fourth-order valence-corrected chi connectivity index (χ4v) is 5.24. The van der Waals surface area contributed by atoms with Crippen LogP contribution in [-0.4, -0.2) is 34.7 Å². The minimum atomic E-state index is -0.882. The van der Waals surface area contributed by atoms with Crippen LogP contribution in [0.15, 0.2) is 42.5 Å². The van der Waals surface area contributed by atoms with E-state index < -0.39 is 11.7 Å². The van der Waals surface area contributed by atoms with Crippen LogP contribution < -0.4 is 0 Å². The Kier molecular flexibility index (Phi) is 5.21. The molecule has 2 unspecified atom stereocenters. The van der Waals surface area contributed by atoms with Crippen LogP contribution in [0.3, 0.4) is 0 Å². The number of β-amino-alcohol motifs (C(OH)–C–C–N with tert-alkyl or cyclic N) is 1. The molecular formula is C21H22Cl2FNO2. The second-order valence-corrected chi connectivity index (χ2v) is 8.71. The van der Waals surface area contributed by atoms with Gasteiger partial charge in [0.1, 0.15) is 5.82 Å². The standard InChI is InChI=1S/C21H22Cl2FNO2/c22-16-3-6-18(19(23)7-16)20(26)12-25-10-13-8-21(27,9-14(13)11-25)15-1-4-17(24)5-2-15/h1-7,13-14,20,26-27H,8-12H2/t13-,14+,20?,21?. The number of aliphatic hydroxyl groups is 2. The highest BCUT2D eigenvalue weighted by Gasteiger charge is 2.49. The SMILES string of the molecule is OC(CN1C[C@@H]2CC(O)(c3ccc(F)cc3)C[C@@H]2C1)c1ccc(Cl)cc1Cl. The lowest BCUT2D eigenvalue weighted by Gasteiger charge is -2.27. The Labute approximate surface area is 168 Å². The predicted octanol–water partition coefficient (Wildman–Crippen LogP) is 4.40. The quantitative estimate of drug-likeness (QED) is 0.786. The normalized spacial score (nSPS) is 29.1. The maximum atomic E-state index is 13.2. The molecule has 1 saturated heterocycles. The van der Waals surface area contributed by atoms with Crippen molar-refractivity contribution in [2.75, 3.05) is 19.6 Å². The van der Waals surface area contributed by atoms with Crippen LogP contribution in [0.2, 0.25) is 10.0 Å². The molecule has 1 heterocycles. The fourth-order valence-electron chi connectivity index (χ4n) is 4.71. The van der Waals surface area contributed by atoms with Gasteiger partial charge in [0.05, 0.1) is 11.7 Å². The summed E-state index contributed by atoms with van der Waals surface area (Å²) in [6.45, 7) is 2.16. The second-order valence-electron chi connectivity index (χ2n) is 7.87. The van der Waals surface area contributed by atoms with Gasteiger partial charge in [-0.1, -0.05) is 41.4 Å². The van der Waals surface area contributed by atoms with Crippen LogP contribution in [0.25, 0.3) is 0 Å². The number of nitrogens with zero attached hydrogens (tertiary/aromatic N) is 1. The summed E-state index contributed by atoms with van der Waals surface area (Å²) in [5.41, 5.74) is 0.589. The van der Waals surface area contributed by atoms with Crippen molar-refractivity contribution in [1.82, 2.24) is 4.90 Å². The van der Waals surface area contributed by atoms with Gasteiger partial charge in [0.2, 0.25) is 0 Å². The molecule has 2 aliphatic rings. The number of rotatable bonds is 4. The van der Waals surface area contributed by atoms with Gasteiger partial charge < -0.3 is 10.2 Å². The number of halogens is 3. The largest absolute Gasteiger partial charge is 0.387 e. The Bertz CT molecular complexity index is 815. The first-order valence-electron chi connectivity index (χ1n) is 9.18. The van der Waals surface area contributed by atoms with Crippen LogP contribution in [0.1, 0.15) is 30.1 Å².